The fraction of sp³-hybridized carbons (Fsp3) is 0.455. The van der Waals surface area contributed by atoms with Crippen molar-refractivity contribution < 1.29 is 4.79 Å². The number of benzene rings is 1. The number of carbonyl (C=O) groups is 1. The lowest BCUT2D eigenvalue weighted by atomic mass is 9.86. The average Bonchev–Trinajstić information content (AvgIpc) is 3.13. The van der Waals surface area contributed by atoms with Gasteiger partial charge in [0.2, 0.25) is 5.17 Å². The molecule has 0 radical (unpaired) electrons. The van der Waals surface area contributed by atoms with Gasteiger partial charge >= 0.3 is 0 Å². The zero-order valence-corrected chi connectivity index (χ0v) is 19.7. The van der Waals surface area contributed by atoms with Crippen LogP contribution in [0.4, 0.5) is 5.69 Å². The van der Waals surface area contributed by atoms with E-state index in [1.165, 1.54) is 48.9 Å². The van der Waals surface area contributed by atoms with E-state index in [4.69, 9.17) is 5.41 Å². The van der Waals surface area contributed by atoms with E-state index < -0.39 is 0 Å². The first-order valence-corrected chi connectivity index (χ1v) is 12.0. The molecule has 2 heterocycles. The standard InChI is InChI=1S/C22H26BrN5OS/c1-27(2)18-10-8-15(13-17(18)23)12-16-20(24)28-22(25-21(16)29)30-19(26-28)11-9-14-6-4-3-5-7-14/h8,10,12-14,24H,3-7,9,11H2,1-2H3/b16-12+,24-20?. The van der Waals surface area contributed by atoms with Crippen molar-refractivity contribution >= 4 is 61.4 Å². The largest absolute Gasteiger partial charge is 0.377 e. The van der Waals surface area contributed by atoms with Gasteiger partial charge in [-0.05, 0) is 70.2 Å². The number of hydrogen-bond acceptors (Lipinski definition) is 5. The van der Waals surface area contributed by atoms with Crippen LogP contribution < -0.4 is 4.90 Å². The van der Waals surface area contributed by atoms with Gasteiger partial charge in [-0.3, -0.25) is 10.2 Å². The van der Waals surface area contributed by atoms with Gasteiger partial charge in [-0.2, -0.15) is 15.1 Å². The van der Waals surface area contributed by atoms with E-state index in [-0.39, 0.29) is 17.3 Å². The zero-order chi connectivity index (χ0) is 21.3. The molecule has 0 atom stereocenters. The van der Waals surface area contributed by atoms with Crippen LogP contribution in [0, 0.1) is 11.3 Å². The maximum atomic E-state index is 12.6. The lowest BCUT2D eigenvalue weighted by Gasteiger charge is -2.20. The molecule has 3 aliphatic rings. The molecule has 1 N–H and O–H groups in total. The lowest BCUT2D eigenvalue weighted by molar-refractivity contribution is -0.114. The molecule has 0 saturated heterocycles. The maximum absolute atomic E-state index is 12.6. The number of amidine groups is 2. The zero-order valence-electron chi connectivity index (χ0n) is 17.3. The summed E-state index contributed by atoms with van der Waals surface area (Å²) in [7, 11) is 3.95. The molecule has 1 fully saturated rings. The molecule has 0 unspecified atom stereocenters. The lowest BCUT2D eigenvalue weighted by Crippen LogP contribution is -2.35. The summed E-state index contributed by atoms with van der Waals surface area (Å²) in [5.74, 6) is 0.495. The molecule has 4 rings (SSSR count). The highest BCUT2D eigenvalue weighted by atomic mass is 79.9. The molecule has 1 amide bonds. The quantitative estimate of drug-likeness (QED) is 0.556. The van der Waals surface area contributed by atoms with Gasteiger partial charge in [0.25, 0.3) is 5.91 Å². The van der Waals surface area contributed by atoms with Gasteiger partial charge in [0, 0.05) is 18.6 Å². The molecule has 0 bridgehead atoms. The van der Waals surface area contributed by atoms with Crippen LogP contribution in [0.1, 0.15) is 50.5 Å². The average molecular weight is 488 g/mol. The number of nitrogens with one attached hydrogen (secondary N) is 1. The first-order valence-electron chi connectivity index (χ1n) is 10.4. The van der Waals surface area contributed by atoms with Crippen LogP contribution in [0.25, 0.3) is 6.08 Å². The van der Waals surface area contributed by atoms with E-state index in [1.54, 1.807) is 6.08 Å². The summed E-state index contributed by atoms with van der Waals surface area (Å²) >= 11 is 5.00. The summed E-state index contributed by atoms with van der Waals surface area (Å²) in [4.78, 5) is 18.8. The molecule has 0 spiro atoms. The van der Waals surface area contributed by atoms with E-state index in [0.717, 1.165) is 39.5 Å². The van der Waals surface area contributed by atoms with Crippen molar-refractivity contribution in [1.29, 1.82) is 5.41 Å². The normalized spacial score (nSPS) is 21.0. The summed E-state index contributed by atoms with van der Waals surface area (Å²) in [6.45, 7) is 0. The second-order valence-corrected chi connectivity index (χ2v) is 10.1. The van der Waals surface area contributed by atoms with E-state index >= 15 is 0 Å². The number of nitrogens with zero attached hydrogens (tertiary/aromatic N) is 4. The van der Waals surface area contributed by atoms with E-state index in [0.29, 0.717) is 5.17 Å². The number of fused-ring (bicyclic) bond motifs is 1. The van der Waals surface area contributed by atoms with Crippen LogP contribution in [0.5, 0.6) is 0 Å². The van der Waals surface area contributed by atoms with Crippen molar-refractivity contribution in [2.45, 2.75) is 44.9 Å². The van der Waals surface area contributed by atoms with Gasteiger partial charge in [-0.15, -0.1) is 0 Å². The Morgan fingerprint density at radius 3 is 2.77 bits per heavy atom. The predicted octanol–water partition coefficient (Wildman–Crippen LogP) is 5.49. The molecular formula is C22H26BrN5OS. The van der Waals surface area contributed by atoms with Crippen LogP contribution in [0.2, 0.25) is 0 Å². The molecule has 1 aromatic carbocycles. The Hall–Kier alpha value is -1.93. The SMILES string of the molecule is CN(C)c1ccc(/C=C2\C(=N)N3N=C(CCC4CCCCC4)SC3=NC2=O)cc1Br. The third-order valence-electron chi connectivity index (χ3n) is 5.75. The number of hydrazone groups is 1. The topological polar surface area (TPSA) is 72.1 Å². The molecule has 1 aliphatic carbocycles. The highest BCUT2D eigenvalue weighted by molar-refractivity contribution is 9.10. The number of amides is 1. The number of rotatable bonds is 5. The van der Waals surface area contributed by atoms with Gasteiger partial charge in [0.15, 0.2) is 5.84 Å². The highest BCUT2D eigenvalue weighted by Crippen LogP contribution is 2.33. The Balaban J connectivity index is 1.50. The van der Waals surface area contributed by atoms with Crippen LogP contribution in [0.15, 0.2) is 38.3 Å². The van der Waals surface area contributed by atoms with Gasteiger partial charge in [-0.25, -0.2) is 0 Å². The van der Waals surface area contributed by atoms with Crippen molar-refractivity contribution in [2.75, 3.05) is 19.0 Å². The minimum atomic E-state index is -0.379. The molecule has 158 valence electrons. The van der Waals surface area contributed by atoms with Crippen molar-refractivity contribution in [2.24, 2.45) is 16.0 Å². The Labute approximate surface area is 190 Å². The smallest absolute Gasteiger partial charge is 0.283 e. The molecule has 30 heavy (non-hydrogen) atoms. The van der Waals surface area contributed by atoms with Crippen LogP contribution in [-0.4, -0.2) is 41.1 Å². The van der Waals surface area contributed by atoms with Crippen molar-refractivity contribution in [3.05, 3.63) is 33.8 Å². The van der Waals surface area contributed by atoms with E-state index in [2.05, 4.69) is 26.0 Å². The van der Waals surface area contributed by atoms with Crippen LogP contribution >= 0.6 is 27.7 Å². The minimum absolute atomic E-state index is 0.0953. The highest BCUT2D eigenvalue weighted by Gasteiger charge is 2.35. The number of hydrogen-bond donors (Lipinski definition) is 1. The van der Waals surface area contributed by atoms with Gasteiger partial charge in [0.05, 0.1) is 11.3 Å². The summed E-state index contributed by atoms with van der Waals surface area (Å²) in [5.41, 5.74) is 2.15. The molecule has 0 aromatic heterocycles. The third-order valence-corrected chi connectivity index (χ3v) is 7.36. The maximum Gasteiger partial charge on any atom is 0.283 e. The first kappa shape index (κ1) is 21.3. The number of thioether (sulfide) groups is 1. The summed E-state index contributed by atoms with van der Waals surface area (Å²) in [5, 5.41) is 16.1. The Kier molecular flexibility index (Phi) is 6.43. The second-order valence-electron chi connectivity index (χ2n) is 8.16. The number of anilines is 1. The molecule has 6 nitrogen and oxygen atoms in total. The van der Waals surface area contributed by atoms with Crippen molar-refractivity contribution in [3.63, 3.8) is 0 Å². The van der Waals surface area contributed by atoms with Gasteiger partial charge < -0.3 is 4.90 Å². The summed E-state index contributed by atoms with van der Waals surface area (Å²) < 4.78 is 0.931. The predicted molar refractivity (Wildman–Crippen MR) is 129 cm³/mol. The fourth-order valence-corrected chi connectivity index (χ4v) is 5.73. The van der Waals surface area contributed by atoms with E-state index in [9.17, 15) is 4.79 Å². The summed E-state index contributed by atoms with van der Waals surface area (Å²) in [6.07, 6.45) is 10.4. The molecular weight excluding hydrogens is 462 g/mol. The summed E-state index contributed by atoms with van der Waals surface area (Å²) in [6, 6.07) is 5.86. The molecule has 2 aliphatic heterocycles. The van der Waals surface area contributed by atoms with Gasteiger partial charge in [0.1, 0.15) is 5.04 Å². The van der Waals surface area contributed by atoms with Crippen LogP contribution in [0.3, 0.4) is 0 Å². The fourth-order valence-electron chi connectivity index (χ4n) is 4.08. The monoisotopic (exact) mass is 487 g/mol. The Morgan fingerprint density at radius 2 is 2.07 bits per heavy atom. The first-order chi connectivity index (χ1) is 14.4. The van der Waals surface area contributed by atoms with Crippen molar-refractivity contribution in [1.82, 2.24) is 5.01 Å². The Morgan fingerprint density at radius 1 is 1.30 bits per heavy atom. The number of halogens is 1. The van der Waals surface area contributed by atoms with Crippen molar-refractivity contribution in [3.8, 4) is 0 Å². The third kappa shape index (κ3) is 4.54. The van der Waals surface area contributed by atoms with Crippen LogP contribution in [-0.2, 0) is 4.79 Å². The number of carbonyl (C=O) groups excluding carboxylic acids is 1. The second kappa shape index (κ2) is 9.06. The molecule has 1 aromatic rings. The molecule has 1 saturated carbocycles. The van der Waals surface area contributed by atoms with Gasteiger partial charge in [-0.1, -0.05) is 38.2 Å². The van der Waals surface area contributed by atoms with E-state index in [1.807, 2.05) is 37.2 Å². The molecule has 8 heteroatoms. The Bertz CT molecular complexity index is 962. The number of aliphatic imine (C=N–C) groups is 1. The minimum Gasteiger partial charge on any atom is -0.377 e.